The maximum atomic E-state index is 12.8. The van der Waals surface area contributed by atoms with E-state index in [0.29, 0.717) is 5.56 Å². The van der Waals surface area contributed by atoms with Crippen LogP contribution >= 0.6 is 0 Å². The van der Waals surface area contributed by atoms with Gasteiger partial charge in [0.15, 0.2) is 5.69 Å². The molecule has 0 radical (unpaired) electrons. The molecule has 0 aliphatic rings. The molecule has 0 aliphatic heterocycles. The van der Waals surface area contributed by atoms with Crippen LogP contribution in [0.5, 0.6) is 0 Å². The number of anilines is 1. The number of nitrogens with zero attached hydrogens (tertiary/aromatic N) is 7. The molecule has 13 heteroatoms. The van der Waals surface area contributed by atoms with Crippen molar-refractivity contribution in [1.82, 2.24) is 30.7 Å². The van der Waals surface area contributed by atoms with Gasteiger partial charge < -0.3 is 5.73 Å². The van der Waals surface area contributed by atoms with Crippen LogP contribution in [-0.4, -0.2) is 42.4 Å². The molecule has 2 heterocycles. The molecule has 0 aliphatic carbocycles. The Morgan fingerprint density at radius 1 is 1.19 bits per heavy atom. The average molecular weight is 433 g/mol. The Bertz CT molecular complexity index is 1310. The SMILES string of the molecule is Cc1ccc(C=NNC(=O)c2nnn(-c3nonc3N)c2-c2ccc([N+](=O)[O-])cc2)cc1. The number of hydrogen-bond donors (Lipinski definition) is 2. The zero-order valence-electron chi connectivity index (χ0n) is 16.5. The summed E-state index contributed by atoms with van der Waals surface area (Å²) >= 11 is 0. The maximum Gasteiger partial charge on any atom is 0.294 e. The van der Waals surface area contributed by atoms with Crippen molar-refractivity contribution in [3.63, 3.8) is 0 Å². The van der Waals surface area contributed by atoms with Gasteiger partial charge in [-0.25, -0.2) is 10.1 Å². The van der Waals surface area contributed by atoms with Crippen LogP contribution in [0.2, 0.25) is 0 Å². The third-order valence-electron chi connectivity index (χ3n) is 4.39. The number of hydrazone groups is 1. The largest absolute Gasteiger partial charge is 0.378 e. The Kier molecular flexibility index (Phi) is 5.36. The first-order valence-corrected chi connectivity index (χ1v) is 9.13. The standard InChI is InChI=1S/C19H15N9O4/c1-11-2-4-12(5-3-11)10-21-23-19(29)15-16(13-6-8-14(9-7-13)28(30)31)27(26-22-15)18-17(20)24-32-25-18/h2-10H,1H3,(H2,20,24)(H,23,29). The number of rotatable bonds is 6. The molecule has 0 atom stereocenters. The van der Waals surface area contributed by atoms with E-state index in [4.69, 9.17) is 5.73 Å². The molecule has 0 unspecified atom stereocenters. The van der Waals surface area contributed by atoms with Crippen LogP contribution in [0.25, 0.3) is 17.1 Å². The highest BCUT2D eigenvalue weighted by atomic mass is 16.6. The van der Waals surface area contributed by atoms with E-state index in [0.717, 1.165) is 15.8 Å². The minimum atomic E-state index is -0.664. The number of nitrogens with two attached hydrogens (primary N) is 1. The molecule has 4 aromatic rings. The van der Waals surface area contributed by atoms with Gasteiger partial charge in [-0.15, -0.1) is 5.10 Å². The normalized spacial score (nSPS) is 11.0. The Hall–Kier alpha value is -4.94. The molecular formula is C19H15N9O4. The van der Waals surface area contributed by atoms with Gasteiger partial charge in [-0.05, 0) is 34.9 Å². The number of carbonyl (C=O) groups is 1. The maximum absolute atomic E-state index is 12.8. The van der Waals surface area contributed by atoms with Gasteiger partial charge in [-0.1, -0.05) is 35.0 Å². The van der Waals surface area contributed by atoms with E-state index in [1.807, 2.05) is 31.2 Å². The van der Waals surface area contributed by atoms with Crippen LogP contribution in [-0.2, 0) is 0 Å². The van der Waals surface area contributed by atoms with Crippen molar-refractivity contribution in [3.05, 3.63) is 75.5 Å². The topological polar surface area (TPSA) is 180 Å². The summed E-state index contributed by atoms with van der Waals surface area (Å²) in [6, 6.07) is 13.0. The van der Waals surface area contributed by atoms with Crippen molar-refractivity contribution < 1.29 is 14.3 Å². The Morgan fingerprint density at radius 2 is 1.91 bits per heavy atom. The van der Waals surface area contributed by atoms with Crippen LogP contribution < -0.4 is 11.2 Å². The first kappa shape index (κ1) is 20.3. The monoisotopic (exact) mass is 433 g/mol. The van der Waals surface area contributed by atoms with Crippen molar-refractivity contribution in [2.45, 2.75) is 6.92 Å². The fourth-order valence-electron chi connectivity index (χ4n) is 2.79. The van der Waals surface area contributed by atoms with E-state index >= 15 is 0 Å². The van der Waals surface area contributed by atoms with Crippen LogP contribution in [0, 0.1) is 17.0 Å². The quantitative estimate of drug-likeness (QED) is 0.261. The van der Waals surface area contributed by atoms with Gasteiger partial charge in [0.25, 0.3) is 11.6 Å². The van der Waals surface area contributed by atoms with Gasteiger partial charge in [0.05, 0.1) is 11.1 Å². The van der Waals surface area contributed by atoms with Gasteiger partial charge in [0.1, 0.15) is 5.69 Å². The minimum Gasteiger partial charge on any atom is -0.378 e. The summed E-state index contributed by atoms with van der Waals surface area (Å²) < 4.78 is 5.76. The third kappa shape index (κ3) is 4.02. The second-order valence-electron chi connectivity index (χ2n) is 6.59. The number of amides is 1. The molecule has 0 saturated heterocycles. The molecule has 1 amide bonds. The van der Waals surface area contributed by atoms with E-state index < -0.39 is 10.8 Å². The zero-order valence-corrected chi connectivity index (χ0v) is 16.5. The third-order valence-corrected chi connectivity index (χ3v) is 4.39. The smallest absolute Gasteiger partial charge is 0.294 e. The number of nitrogens with one attached hydrogen (secondary N) is 1. The number of hydrogen-bond acceptors (Lipinski definition) is 10. The molecule has 13 nitrogen and oxygen atoms in total. The van der Waals surface area contributed by atoms with E-state index in [2.05, 4.69) is 35.8 Å². The number of non-ortho nitro benzene ring substituents is 1. The average Bonchev–Trinajstić information content (AvgIpc) is 3.41. The van der Waals surface area contributed by atoms with Gasteiger partial charge in [-0.2, -0.15) is 9.78 Å². The molecule has 0 spiro atoms. The summed E-state index contributed by atoms with van der Waals surface area (Å²) in [4.78, 5) is 23.2. The molecule has 2 aromatic heterocycles. The summed E-state index contributed by atoms with van der Waals surface area (Å²) in [5, 5.41) is 29.9. The van der Waals surface area contributed by atoms with Crippen LogP contribution in [0.4, 0.5) is 11.5 Å². The molecule has 32 heavy (non-hydrogen) atoms. The van der Waals surface area contributed by atoms with E-state index in [1.54, 1.807) is 0 Å². The van der Waals surface area contributed by atoms with Crippen molar-refractivity contribution in [2.75, 3.05) is 5.73 Å². The van der Waals surface area contributed by atoms with Crippen molar-refractivity contribution in [2.24, 2.45) is 5.10 Å². The first-order valence-electron chi connectivity index (χ1n) is 9.13. The van der Waals surface area contributed by atoms with E-state index in [1.165, 1.54) is 30.5 Å². The van der Waals surface area contributed by atoms with Gasteiger partial charge in [0, 0.05) is 17.7 Å². The van der Waals surface area contributed by atoms with Crippen LogP contribution in [0.3, 0.4) is 0 Å². The number of aromatic nitrogens is 5. The van der Waals surface area contributed by atoms with Gasteiger partial charge >= 0.3 is 0 Å². The fourth-order valence-corrected chi connectivity index (χ4v) is 2.79. The second kappa shape index (κ2) is 8.43. The highest BCUT2D eigenvalue weighted by Gasteiger charge is 2.25. The lowest BCUT2D eigenvalue weighted by Crippen LogP contribution is -2.19. The summed E-state index contributed by atoms with van der Waals surface area (Å²) in [6.07, 6.45) is 1.48. The van der Waals surface area contributed by atoms with Crippen LogP contribution in [0.15, 0.2) is 58.3 Å². The van der Waals surface area contributed by atoms with E-state index in [-0.39, 0.29) is 28.7 Å². The molecule has 2 aromatic carbocycles. The predicted octanol–water partition coefficient (Wildman–Crippen LogP) is 1.88. The summed E-state index contributed by atoms with van der Waals surface area (Å²) in [5.41, 5.74) is 10.4. The Balaban J connectivity index is 1.69. The number of aryl methyl sites for hydroxylation is 1. The lowest BCUT2D eigenvalue weighted by Gasteiger charge is -2.05. The molecule has 0 bridgehead atoms. The Labute approximate surface area is 179 Å². The number of benzene rings is 2. The number of nitro groups is 1. The van der Waals surface area contributed by atoms with Crippen molar-refractivity contribution in [3.8, 4) is 17.1 Å². The van der Waals surface area contributed by atoms with Crippen LogP contribution in [0.1, 0.15) is 21.6 Å². The molecule has 3 N–H and O–H groups in total. The fraction of sp³-hybridized carbons (Fsp3) is 0.0526. The molecule has 0 saturated carbocycles. The molecule has 0 fully saturated rings. The van der Waals surface area contributed by atoms with Gasteiger partial charge in [-0.3, -0.25) is 14.9 Å². The molecule has 4 rings (SSSR count). The highest BCUT2D eigenvalue weighted by molar-refractivity contribution is 5.98. The molecule has 160 valence electrons. The second-order valence-corrected chi connectivity index (χ2v) is 6.59. The van der Waals surface area contributed by atoms with E-state index in [9.17, 15) is 14.9 Å². The zero-order chi connectivity index (χ0) is 22.7. The number of carbonyl (C=O) groups excluding carboxylic acids is 1. The van der Waals surface area contributed by atoms with Gasteiger partial charge in [0.2, 0.25) is 11.6 Å². The first-order chi connectivity index (χ1) is 15.4. The highest BCUT2D eigenvalue weighted by Crippen LogP contribution is 2.28. The lowest BCUT2D eigenvalue weighted by molar-refractivity contribution is -0.384. The minimum absolute atomic E-state index is 0.00746. The number of nitro benzene ring substituents is 1. The number of nitrogen functional groups attached to an aromatic ring is 1. The van der Waals surface area contributed by atoms with Crippen molar-refractivity contribution in [1.29, 1.82) is 0 Å². The molecular weight excluding hydrogens is 418 g/mol. The van der Waals surface area contributed by atoms with Crippen molar-refractivity contribution >= 4 is 23.6 Å². The summed E-state index contributed by atoms with van der Waals surface area (Å²) in [7, 11) is 0. The summed E-state index contributed by atoms with van der Waals surface area (Å²) in [5.74, 6) is -0.738. The summed E-state index contributed by atoms with van der Waals surface area (Å²) in [6.45, 7) is 1.96. The Morgan fingerprint density at radius 3 is 2.53 bits per heavy atom. The lowest BCUT2D eigenvalue weighted by atomic mass is 10.1. The predicted molar refractivity (Wildman–Crippen MR) is 112 cm³/mol.